The zero-order valence-electron chi connectivity index (χ0n) is 12.3. The molecule has 0 aliphatic rings. The molecule has 1 N–H and O–H groups in total. The van der Waals surface area contributed by atoms with Gasteiger partial charge in [0.1, 0.15) is 5.75 Å². The standard InChI is InChI=1S/C15H25NO2/c1-15(2,3)12-9-11(7-8-13(12)17-5)14(18-6)10-16-4/h7-9,14,16H,10H2,1-6H3. The zero-order chi connectivity index (χ0) is 13.8. The van der Waals surface area contributed by atoms with Crippen molar-refractivity contribution in [1.29, 1.82) is 0 Å². The molecule has 0 heterocycles. The van der Waals surface area contributed by atoms with E-state index in [-0.39, 0.29) is 11.5 Å². The molecule has 0 aliphatic carbocycles. The van der Waals surface area contributed by atoms with Crippen molar-refractivity contribution in [3.8, 4) is 5.75 Å². The van der Waals surface area contributed by atoms with Gasteiger partial charge >= 0.3 is 0 Å². The Morgan fingerprint density at radius 1 is 1.22 bits per heavy atom. The zero-order valence-corrected chi connectivity index (χ0v) is 12.3. The van der Waals surface area contributed by atoms with Crippen molar-refractivity contribution in [2.45, 2.75) is 32.3 Å². The van der Waals surface area contributed by atoms with Crippen LogP contribution in [0.5, 0.6) is 5.75 Å². The SMILES string of the molecule is CNCC(OC)c1ccc(OC)c(C(C)(C)C)c1. The molecule has 0 aromatic heterocycles. The predicted molar refractivity (Wildman–Crippen MR) is 75.4 cm³/mol. The highest BCUT2D eigenvalue weighted by molar-refractivity contribution is 5.42. The van der Waals surface area contributed by atoms with E-state index in [2.05, 4.69) is 38.2 Å². The third-order valence-corrected chi connectivity index (χ3v) is 3.08. The van der Waals surface area contributed by atoms with Crippen molar-refractivity contribution < 1.29 is 9.47 Å². The van der Waals surface area contributed by atoms with Crippen LogP contribution in [0.1, 0.15) is 38.0 Å². The van der Waals surface area contributed by atoms with Crippen LogP contribution in [0.3, 0.4) is 0 Å². The number of likely N-dealkylation sites (N-methyl/N-ethyl adjacent to an activating group) is 1. The van der Waals surface area contributed by atoms with Gasteiger partial charge in [-0.25, -0.2) is 0 Å². The second-order valence-electron chi connectivity index (χ2n) is 5.49. The van der Waals surface area contributed by atoms with Crippen LogP contribution < -0.4 is 10.1 Å². The summed E-state index contributed by atoms with van der Waals surface area (Å²) < 4.78 is 11.0. The largest absolute Gasteiger partial charge is 0.496 e. The van der Waals surface area contributed by atoms with E-state index in [1.807, 2.05) is 13.1 Å². The van der Waals surface area contributed by atoms with Crippen LogP contribution in [0.2, 0.25) is 0 Å². The normalized spacial score (nSPS) is 13.4. The van der Waals surface area contributed by atoms with E-state index in [0.29, 0.717) is 0 Å². The lowest BCUT2D eigenvalue weighted by Gasteiger charge is -2.24. The Labute approximate surface area is 110 Å². The third-order valence-electron chi connectivity index (χ3n) is 3.08. The van der Waals surface area contributed by atoms with Gasteiger partial charge in [0, 0.05) is 13.7 Å². The molecule has 18 heavy (non-hydrogen) atoms. The highest BCUT2D eigenvalue weighted by Crippen LogP contribution is 2.33. The first-order valence-corrected chi connectivity index (χ1v) is 6.29. The number of nitrogens with one attached hydrogen (secondary N) is 1. The van der Waals surface area contributed by atoms with Gasteiger partial charge in [0.2, 0.25) is 0 Å². The molecule has 1 rings (SSSR count). The second kappa shape index (κ2) is 6.21. The number of ether oxygens (including phenoxy) is 2. The van der Waals surface area contributed by atoms with Gasteiger partial charge in [-0.15, -0.1) is 0 Å². The molecule has 1 aromatic rings. The van der Waals surface area contributed by atoms with Crippen molar-refractivity contribution in [2.75, 3.05) is 27.8 Å². The molecule has 0 bridgehead atoms. The van der Waals surface area contributed by atoms with Crippen molar-refractivity contribution in [3.63, 3.8) is 0 Å². The van der Waals surface area contributed by atoms with E-state index in [1.54, 1.807) is 14.2 Å². The van der Waals surface area contributed by atoms with Gasteiger partial charge < -0.3 is 14.8 Å². The van der Waals surface area contributed by atoms with Gasteiger partial charge in [-0.2, -0.15) is 0 Å². The Bertz CT molecular complexity index is 383. The smallest absolute Gasteiger partial charge is 0.122 e. The Morgan fingerprint density at radius 2 is 1.89 bits per heavy atom. The van der Waals surface area contributed by atoms with Crippen molar-refractivity contribution >= 4 is 0 Å². The maximum absolute atomic E-state index is 5.51. The summed E-state index contributed by atoms with van der Waals surface area (Å²) in [6.07, 6.45) is 0.0713. The van der Waals surface area contributed by atoms with Crippen LogP contribution in [0.25, 0.3) is 0 Å². The van der Waals surface area contributed by atoms with Gasteiger partial charge in [-0.3, -0.25) is 0 Å². The Hall–Kier alpha value is -1.06. The van der Waals surface area contributed by atoms with Crippen LogP contribution >= 0.6 is 0 Å². The van der Waals surface area contributed by atoms with Gasteiger partial charge in [-0.05, 0) is 35.7 Å². The van der Waals surface area contributed by atoms with Gasteiger partial charge in [-0.1, -0.05) is 26.8 Å². The molecule has 1 unspecified atom stereocenters. The summed E-state index contributed by atoms with van der Waals surface area (Å²) in [6.45, 7) is 7.37. The first-order valence-electron chi connectivity index (χ1n) is 6.29. The molecule has 1 aromatic carbocycles. The summed E-state index contributed by atoms with van der Waals surface area (Å²) in [5.41, 5.74) is 2.44. The van der Waals surface area contributed by atoms with Gasteiger partial charge in [0.15, 0.2) is 0 Å². The maximum atomic E-state index is 5.51. The first kappa shape index (κ1) is 15.0. The third kappa shape index (κ3) is 3.47. The lowest BCUT2D eigenvalue weighted by Crippen LogP contribution is -2.20. The minimum Gasteiger partial charge on any atom is -0.496 e. The summed E-state index contributed by atoms with van der Waals surface area (Å²) >= 11 is 0. The van der Waals surface area contributed by atoms with Gasteiger partial charge in [0.25, 0.3) is 0 Å². The van der Waals surface area contributed by atoms with Crippen LogP contribution in [-0.4, -0.2) is 27.8 Å². The molecule has 0 aliphatic heterocycles. The number of hydrogen-bond acceptors (Lipinski definition) is 3. The molecule has 3 heteroatoms. The molecule has 3 nitrogen and oxygen atoms in total. The van der Waals surface area contributed by atoms with E-state index in [4.69, 9.17) is 9.47 Å². The van der Waals surface area contributed by atoms with E-state index in [9.17, 15) is 0 Å². The number of benzene rings is 1. The van der Waals surface area contributed by atoms with Crippen LogP contribution in [0, 0.1) is 0 Å². The van der Waals surface area contributed by atoms with Gasteiger partial charge in [0.05, 0.1) is 13.2 Å². The number of hydrogen-bond donors (Lipinski definition) is 1. The van der Waals surface area contributed by atoms with Crippen molar-refractivity contribution in [2.24, 2.45) is 0 Å². The first-order chi connectivity index (χ1) is 8.43. The topological polar surface area (TPSA) is 30.5 Å². The summed E-state index contributed by atoms with van der Waals surface area (Å²) in [5.74, 6) is 0.936. The summed E-state index contributed by atoms with van der Waals surface area (Å²) in [4.78, 5) is 0. The summed E-state index contributed by atoms with van der Waals surface area (Å²) in [7, 11) is 5.38. The highest BCUT2D eigenvalue weighted by Gasteiger charge is 2.21. The monoisotopic (exact) mass is 251 g/mol. The van der Waals surface area contributed by atoms with E-state index >= 15 is 0 Å². The summed E-state index contributed by atoms with van der Waals surface area (Å²) in [6, 6.07) is 6.28. The Morgan fingerprint density at radius 3 is 2.33 bits per heavy atom. The molecule has 0 spiro atoms. The molecular weight excluding hydrogens is 226 g/mol. The average Bonchev–Trinajstić information content (AvgIpc) is 2.34. The average molecular weight is 251 g/mol. The van der Waals surface area contributed by atoms with E-state index in [0.717, 1.165) is 12.3 Å². The van der Waals surface area contributed by atoms with Crippen molar-refractivity contribution in [1.82, 2.24) is 5.32 Å². The maximum Gasteiger partial charge on any atom is 0.122 e. The van der Waals surface area contributed by atoms with Crippen LogP contribution in [-0.2, 0) is 10.2 Å². The molecule has 1 atom stereocenters. The van der Waals surface area contributed by atoms with Crippen LogP contribution in [0.4, 0.5) is 0 Å². The minimum absolute atomic E-state index is 0.0548. The predicted octanol–water partition coefficient (Wildman–Crippen LogP) is 2.90. The lowest BCUT2D eigenvalue weighted by molar-refractivity contribution is 0.104. The number of methoxy groups -OCH3 is 2. The summed E-state index contributed by atoms with van der Waals surface area (Å²) in [5, 5.41) is 3.15. The molecule has 0 radical (unpaired) electrons. The Kier molecular flexibility index (Phi) is 5.17. The fraction of sp³-hybridized carbons (Fsp3) is 0.600. The number of rotatable bonds is 5. The highest BCUT2D eigenvalue weighted by atomic mass is 16.5. The van der Waals surface area contributed by atoms with E-state index < -0.39 is 0 Å². The quantitative estimate of drug-likeness (QED) is 0.873. The second-order valence-corrected chi connectivity index (χ2v) is 5.49. The molecule has 0 fully saturated rings. The molecule has 0 saturated heterocycles. The molecular formula is C15H25NO2. The van der Waals surface area contributed by atoms with Crippen LogP contribution in [0.15, 0.2) is 18.2 Å². The fourth-order valence-electron chi connectivity index (χ4n) is 2.03. The van der Waals surface area contributed by atoms with Crippen molar-refractivity contribution in [3.05, 3.63) is 29.3 Å². The molecule has 0 saturated carbocycles. The fourth-order valence-corrected chi connectivity index (χ4v) is 2.03. The van der Waals surface area contributed by atoms with E-state index in [1.165, 1.54) is 11.1 Å². The minimum atomic E-state index is 0.0548. The Balaban J connectivity index is 3.17. The molecule has 0 amide bonds. The molecule has 102 valence electrons. The lowest BCUT2D eigenvalue weighted by atomic mass is 9.85.